The van der Waals surface area contributed by atoms with Crippen molar-refractivity contribution in [3.8, 4) is 0 Å². The Kier molecular flexibility index (Phi) is 2.67. The summed E-state index contributed by atoms with van der Waals surface area (Å²) in [4.78, 5) is 29.8. The lowest BCUT2D eigenvalue weighted by molar-refractivity contribution is -0.114. The minimum Gasteiger partial charge on any atom is -0.337 e. The number of benzene rings is 1. The molecule has 1 aliphatic heterocycles. The van der Waals surface area contributed by atoms with Crippen molar-refractivity contribution in [2.75, 3.05) is 4.90 Å². The molecular weight excluding hydrogens is 258 g/mol. The summed E-state index contributed by atoms with van der Waals surface area (Å²) in [5.41, 5.74) is 2.80. The lowest BCUT2D eigenvalue weighted by Crippen LogP contribution is -2.29. The van der Waals surface area contributed by atoms with E-state index >= 15 is 0 Å². The van der Waals surface area contributed by atoms with Crippen LogP contribution < -0.4 is 4.90 Å². The maximum absolute atomic E-state index is 12.2. The maximum Gasteiger partial charge on any atom is 0.299 e. The van der Waals surface area contributed by atoms with E-state index in [1.165, 1.54) is 4.90 Å². The number of ketones is 1. The van der Waals surface area contributed by atoms with Crippen LogP contribution in [0.4, 0.5) is 5.69 Å². The van der Waals surface area contributed by atoms with Crippen molar-refractivity contribution < 1.29 is 14.1 Å². The summed E-state index contributed by atoms with van der Waals surface area (Å²) in [7, 11) is 0. The molecule has 1 aromatic carbocycles. The molecule has 2 aromatic rings. The molecule has 0 unspecified atom stereocenters. The summed E-state index contributed by atoms with van der Waals surface area (Å²) < 4.78 is 5.03. The number of hydrogen-bond acceptors (Lipinski definition) is 5. The van der Waals surface area contributed by atoms with Crippen molar-refractivity contribution in [1.82, 2.24) is 10.1 Å². The van der Waals surface area contributed by atoms with Gasteiger partial charge < -0.3 is 4.52 Å². The van der Waals surface area contributed by atoms with Crippen molar-refractivity contribution in [3.63, 3.8) is 0 Å². The number of hydrogen-bond donors (Lipinski definition) is 0. The molecule has 2 heterocycles. The van der Waals surface area contributed by atoms with Crippen LogP contribution in [0.2, 0.25) is 0 Å². The Morgan fingerprint density at radius 1 is 1.15 bits per heavy atom. The first kappa shape index (κ1) is 12.5. The topological polar surface area (TPSA) is 76.3 Å². The number of nitrogens with zero attached hydrogens (tertiary/aromatic N) is 3. The first-order chi connectivity index (χ1) is 9.49. The fourth-order valence-corrected chi connectivity index (χ4v) is 2.45. The minimum absolute atomic E-state index is 0.114. The zero-order valence-electron chi connectivity index (χ0n) is 11.4. The standard InChI is InChI=1S/C14H13N3O3/c1-7-4-5-8(2)12-11(7)13(18)14(19)17(12)6-10-15-9(3)16-20-10/h4-5H,6H2,1-3H3. The number of aryl methyl sites for hydroxylation is 3. The zero-order chi connectivity index (χ0) is 14.4. The monoisotopic (exact) mass is 271 g/mol. The van der Waals surface area contributed by atoms with Gasteiger partial charge in [0.25, 0.3) is 11.7 Å². The van der Waals surface area contributed by atoms with E-state index in [2.05, 4.69) is 10.1 Å². The number of anilines is 1. The second-order valence-electron chi connectivity index (χ2n) is 4.88. The average Bonchev–Trinajstić information content (AvgIpc) is 2.92. The summed E-state index contributed by atoms with van der Waals surface area (Å²) in [6.07, 6.45) is 0. The van der Waals surface area contributed by atoms with Gasteiger partial charge in [-0.3, -0.25) is 14.5 Å². The molecule has 3 rings (SSSR count). The molecule has 0 radical (unpaired) electrons. The number of aromatic nitrogens is 2. The first-order valence-corrected chi connectivity index (χ1v) is 6.24. The van der Waals surface area contributed by atoms with Gasteiger partial charge in [-0.05, 0) is 31.9 Å². The molecule has 1 aromatic heterocycles. The largest absolute Gasteiger partial charge is 0.337 e. The third kappa shape index (κ3) is 1.72. The number of carbonyl (C=O) groups excluding carboxylic acids is 2. The van der Waals surface area contributed by atoms with Gasteiger partial charge in [-0.2, -0.15) is 4.98 Å². The maximum atomic E-state index is 12.2. The Morgan fingerprint density at radius 2 is 1.85 bits per heavy atom. The number of Topliss-reactive ketones (excluding diaryl/α,β-unsaturated/α-hetero) is 1. The van der Waals surface area contributed by atoms with Gasteiger partial charge in [0.15, 0.2) is 5.82 Å². The smallest absolute Gasteiger partial charge is 0.299 e. The highest BCUT2D eigenvalue weighted by Crippen LogP contribution is 2.35. The van der Waals surface area contributed by atoms with E-state index in [9.17, 15) is 9.59 Å². The lowest BCUT2D eigenvalue weighted by Gasteiger charge is -2.16. The number of fused-ring (bicyclic) bond motifs is 1. The second kappa shape index (κ2) is 4.26. The predicted molar refractivity (Wildman–Crippen MR) is 70.5 cm³/mol. The van der Waals surface area contributed by atoms with E-state index in [4.69, 9.17) is 4.52 Å². The fraction of sp³-hybridized carbons (Fsp3) is 0.286. The second-order valence-corrected chi connectivity index (χ2v) is 4.88. The summed E-state index contributed by atoms with van der Waals surface area (Å²) in [5.74, 6) is -0.206. The van der Waals surface area contributed by atoms with E-state index in [-0.39, 0.29) is 6.54 Å². The normalized spacial score (nSPS) is 14.1. The highest BCUT2D eigenvalue weighted by molar-refractivity contribution is 6.52. The molecule has 0 fully saturated rings. The van der Waals surface area contributed by atoms with Crippen LogP contribution in [0.5, 0.6) is 0 Å². The van der Waals surface area contributed by atoms with Crippen LogP contribution in [0, 0.1) is 20.8 Å². The molecule has 0 atom stereocenters. The fourth-order valence-electron chi connectivity index (χ4n) is 2.45. The Morgan fingerprint density at radius 3 is 2.50 bits per heavy atom. The highest BCUT2D eigenvalue weighted by atomic mass is 16.5. The van der Waals surface area contributed by atoms with Crippen LogP contribution in [-0.4, -0.2) is 21.8 Å². The summed E-state index contributed by atoms with van der Waals surface area (Å²) in [6, 6.07) is 3.74. The van der Waals surface area contributed by atoms with Crippen LogP contribution in [0.3, 0.4) is 0 Å². The average molecular weight is 271 g/mol. The van der Waals surface area contributed by atoms with Crippen molar-refractivity contribution in [2.24, 2.45) is 0 Å². The molecular formula is C14H13N3O3. The van der Waals surface area contributed by atoms with Gasteiger partial charge in [-0.1, -0.05) is 17.3 Å². The van der Waals surface area contributed by atoms with Gasteiger partial charge in [-0.15, -0.1) is 0 Å². The third-order valence-corrected chi connectivity index (χ3v) is 3.39. The molecule has 6 nitrogen and oxygen atoms in total. The van der Waals surface area contributed by atoms with Crippen molar-refractivity contribution in [2.45, 2.75) is 27.3 Å². The van der Waals surface area contributed by atoms with E-state index in [0.717, 1.165) is 11.1 Å². The van der Waals surface area contributed by atoms with Crippen LogP contribution in [0.15, 0.2) is 16.7 Å². The van der Waals surface area contributed by atoms with Crippen molar-refractivity contribution >= 4 is 17.4 Å². The molecule has 102 valence electrons. The third-order valence-electron chi connectivity index (χ3n) is 3.39. The van der Waals surface area contributed by atoms with Crippen molar-refractivity contribution in [1.29, 1.82) is 0 Å². The van der Waals surface area contributed by atoms with Crippen LogP contribution in [0.1, 0.15) is 33.2 Å². The molecule has 0 bridgehead atoms. The van der Waals surface area contributed by atoms with Gasteiger partial charge in [0.1, 0.15) is 6.54 Å². The zero-order valence-corrected chi connectivity index (χ0v) is 11.4. The lowest BCUT2D eigenvalue weighted by atomic mass is 10.0. The Hall–Kier alpha value is -2.50. The highest BCUT2D eigenvalue weighted by Gasteiger charge is 2.38. The molecule has 0 spiro atoms. The molecule has 0 saturated heterocycles. The molecule has 1 amide bonds. The number of carbonyl (C=O) groups is 2. The molecule has 0 N–H and O–H groups in total. The summed E-state index contributed by atoms with van der Waals surface area (Å²) in [6.45, 7) is 5.51. The quantitative estimate of drug-likeness (QED) is 0.777. The molecule has 0 aliphatic carbocycles. The van der Waals surface area contributed by atoms with Crippen LogP contribution in [0.25, 0.3) is 0 Å². The molecule has 0 saturated carbocycles. The molecule has 20 heavy (non-hydrogen) atoms. The Balaban J connectivity index is 2.08. The van der Waals surface area contributed by atoms with Gasteiger partial charge in [0.2, 0.25) is 5.89 Å². The first-order valence-electron chi connectivity index (χ1n) is 6.24. The Bertz CT molecular complexity index is 733. The van der Waals surface area contributed by atoms with Gasteiger partial charge in [0.05, 0.1) is 11.3 Å². The van der Waals surface area contributed by atoms with Gasteiger partial charge in [0, 0.05) is 0 Å². The number of amides is 1. The summed E-state index contributed by atoms with van der Waals surface area (Å²) >= 11 is 0. The van der Waals surface area contributed by atoms with Gasteiger partial charge >= 0.3 is 0 Å². The van der Waals surface area contributed by atoms with Crippen molar-refractivity contribution in [3.05, 3.63) is 40.5 Å². The minimum atomic E-state index is -0.548. The van der Waals surface area contributed by atoms with Crippen LogP contribution in [-0.2, 0) is 11.3 Å². The van der Waals surface area contributed by atoms with E-state index in [1.54, 1.807) is 6.92 Å². The van der Waals surface area contributed by atoms with E-state index in [1.807, 2.05) is 26.0 Å². The van der Waals surface area contributed by atoms with Gasteiger partial charge in [-0.25, -0.2) is 0 Å². The molecule has 1 aliphatic rings. The van der Waals surface area contributed by atoms with E-state index in [0.29, 0.717) is 23.0 Å². The SMILES string of the molecule is Cc1noc(CN2C(=O)C(=O)c3c(C)ccc(C)c32)n1. The molecule has 6 heteroatoms. The van der Waals surface area contributed by atoms with E-state index < -0.39 is 11.7 Å². The Labute approximate surface area is 115 Å². The summed E-state index contributed by atoms with van der Waals surface area (Å²) in [5, 5.41) is 3.69. The predicted octanol–water partition coefficient (Wildman–Crippen LogP) is 1.72. The number of rotatable bonds is 2. The van der Waals surface area contributed by atoms with Crippen LogP contribution >= 0.6 is 0 Å².